The molecule has 0 heterocycles. The molecule has 0 saturated heterocycles. The summed E-state index contributed by atoms with van der Waals surface area (Å²) in [7, 11) is 0. The first-order valence-corrected chi connectivity index (χ1v) is 8.96. The Balaban J connectivity index is 2.41. The van der Waals surface area contributed by atoms with Crippen molar-refractivity contribution in [3.05, 3.63) is 23.3 Å². The van der Waals surface area contributed by atoms with Crippen molar-refractivity contribution in [1.29, 1.82) is 0 Å². The molecule has 4 heteroatoms. The van der Waals surface area contributed by atoms with E-state index in [0.29, 0.717) is 5.92 Å². The normalized spacial score (nSPS) is 16.4. The van der Waals surface area contributed by atoms with Gasteiger partial charge in [0.2, 0.25) is 0 Å². The molecule has 2 rings (SSSR count). The van der Waals surface area contributed by atoms with E-state index in [9.17, 15) is 4.79 Å². The van der Waals surface area contributed by atoms with Crippen LogP contribution in [0.5, 0.6) is 0 Å². The van der Waals surface area contributed by atoms with E-state index in [-0.39, 0.29) is 12.3 Å². The zero-order chi connectivity index (χ0) is 14.0. The Kier molecular flexibility index (Phi) is 4.85. The van der Waals surface area contributed by atoms with E-state index < -0.39 is 5.97 Å². The summed E-state index contributed by atoms with van der Waals surface area (Å²) >= 11 is 3.47. The first kappa shape index (κ1) is 14.8. The average Bonchev–Trinajstić information content (AvgIpc) is 3.19. The van der Waals surface area contributed by atoms with Gasteiger partial charge >= 0.3 is 5.97 Å². The highest BCUT2D eigenvalue weighted by atomic mass is 32.2. The third-order valence-electron chi connectivity index (χ3n) is 3.73. The number of benzene rings is 1. The second kappa shape index (κ2) is 6.23. The van der Waals surface area contributed by atoms with Crippen molar-refractivity contribution in [1.82, 2.24) is 0 Å². The molecule has 1 aromatic carbocycles. The number of carbonyl (C=O) groups is 1. The van der Waals surface area contributed by atoms with Gasteiger partial charge in [0.05, 0.1) is 6.42 Å². The van der Waals surface area contributed by atoms with Gasteiger partial charge in [0, 0.05) is 9.79 Å². The number of aliphatic carboxylic acids is 1. The summed E-state index contributed by atoms with van der Waals surface area (Å²) < 4.78 is 0. The largest absolute Gasteiger partial charge is 0.481 e. The second-order valence-electron chi connectivity index (χ2n) is 5.11. The average molecular weight is 296 g/mol. The molecule has 0 amide bonds. The number of carboxylic acid groups (broad SMARTS) is 1. The predicted octanol–water partition coefficient (Wildman–Crippen LogP) is 4.41. The summed E-state index contributed by atoms with van der Waals surface area (Å²) in [4.78, 5) is 13.6. The topological polar surface area (TPSA) is 37.3 Å². The second-order valence-corrected chi connectivity index (χ2v) is 6.80. The van der Waals surface area contributed by atoms with Crippen molar-refractivity contribution in [3.63, 3.8) is 0 Å². The Bertz CT molecular complexity index is 481. The molecule has 1 saturated carbocycles. The zero-order valence-electron chi connectivity index (χ0n) is 11.6. The molecule has 1 atom stereocenters. The maximum atomic E-state index is 11.1. The molecule has 104 valence electrons. The van der Waals surface area contributed by atoms with Crippen molar-refractivity contribution >= 4 is 29.5 Å². The van der Waals surface area contributed by atoms with E-state index in [1.165, 1.54) is 33.8 Å². The van der Waals surface area contributed by atoms with Crippen LogP contribution in [0.2, 0.25) is 0 Å². The van der Waals surface area contributed by atoms with Crippen molar-refractivity contribution < 1.29 is 9.90 Å². The van der Waals surface area contributed by atoms with Crippen LogP contribution in [0.3, 0.4) is 0 Å². The van der Waals surface area contributed by atoms with Gasteiger partial charge in [0.1, 0.15) is 0 Å². The highest BCUT2D eigenvalue weighted by Gasteiger charge is 2.35. The quantitative estimate of drug-likeness (QED) is 0.789. The highest BCUT2D eigenvalue weighted by Crippen LogP contribution is 2.47. The van der Waals surface area contributed by atoms with Gasteiger partial charge in [-0.3, -0.25) is 4.79 Å². The Labute approximate surface area is 123 Å². The number of aryl methyl sites for hydroxylation is 1. The van der Waals surface area contributed by atoms with Gasteiger partial charge in [0.25, 0.3) is 0 Å². The van der Waals surface area contributed by atoms with Crippen molar-refractivity contribution in [2.45, 2.75) is 41.9 Å². The van der Waals surface area contributed by atoms with Crippen LogP contribution in [0.1, 0.15) is 36.3 Å². The third kappa shape index (κ3) is 3.48. The van der Waals surface area contributed by atoms with Gasteiger partial charge < -0.3 is 5.11 Å². The minimum Gasteiger partial charge on any atom is -0.481 e. The number of thioether (sulfide) groups is 2. The van der Waals surface area contributed by atoms with Crippen molar-refractivity contribution in [2.75, 3.05) is 12.5 Å². The molecular weight excluding hydrogens is 276 g/mol. The molecule has 0 spiro atoms. The summed E-state index contributed by atoms with van der Waals surface area (Å²) in [6.45, 7) is 2.12. The van der Waals surface area contributed by atoms with Crippen LogP contribution in [0.4, 0.5) is 0 Å². The van der Waals surface area contributed by atoms with Crippen LogP contribution in [-0.4, -0.2) is 23.6 Å². The van der Waals surface area contributed by atoms with Crippen LogP contribution in [0, 0.1) is 12.8 Å². The molecule has 0 bridgehead atoms. The van der Waals surface area contributed by atoms with Gasteiger partial charge in [-0.15, -0.1) is 23.5 Å². The molecular formula is C15H20O2S2. The summed E-state index contributed by atoms with van der Waals surface area (Å²) in [6, 6.07) is 4.43. The first-order chi connectivity index (χ1) is 9.06. The lowest BCUT2D eigenvalue weighted by Crippen LogP contribution is -2.10. The van der Waals surface area contributed by atoms with Gasteiger partial charge in [-0.1, -0.05) is 0 Å². The Morgan fingerprint density at radius 3 is 2.42 bits per heavy atom. The van der Waals surface area contributed by atoms with Crippen LogP contribution in [-0.2, 0) is 4.79 Å². The molecule has 0 radical (unpaired) electrons. The Morgan fingerprint density at radius 2 is 1.95 bits per heavy atom. The molecule has 0 aromatic heterocycles. The fourth-order valence-corrected chi connectivity index (χ4v) is 3.95. The Hall–Kier alpha value is -0.610. The standard InChI is InChI=1S/C15H20O2S2/c1-9-6-14(19-3)12(7-13(9)18-2)11(8-15(16)17)10-4-5-10/h6-7,10-11H,4-5,8H2,1-3H3,(H,16,17). The molecule has 1 aliphatic carbocycles. The molecule has 2 nitrogen and oxygen atoms in total. The highest BCUT2D eigenvalue weighted by molar-refractivity contribution is 7.99. The minimum absolute atomic E-state index is 0.187. The van der Waals surface area contributed by atoms with E-state index in [4.69, 9.17) is 5.11 Å². The zero-order valence-corrected chi connectivity index (χ0v) is 13.2. The van der Waals surface area contributed by atoms with Crippen LogP contribution in [0.15, 0.2) is 21.9 Å². The van der Waals surface area contributed by atoms with Crippen LogP contribution < -0.4 is 0 Å². The number of hydrogen-bond acceptors (Lipinski definition) is 3. The lowest BCUT2D eigenvalue weighted by molar-refractivity contribution is -0.137. The van der Waals surface area contributed by atoms with E-state index in [1.807, 2.05) is 0 Å². The summed E-state index contributed by atoms with van der Waals surface area (Å²) in [5.41, 5.74) is 2.53. The maximum Gasteiger partial charge on any atom is 0.303 e. The van der Waals surface area contributed by atoms with Crippen molar-refractivity contribution in [3.8, 4) is 0 Å². The molecule has 0 aliphatic heterocycles. The van der Waals surface area contributed by atoms with Crippen LogP contribution >= 0.6 is 23.5 Å². The predicted molar refractivity (Wildman–Crippen MR) is 82.5 cm³/mol. The van der Waals surface area contributed by atoms with Gasteiger partial charge in [-0.05, 0) is 67.4 Å². The monoisotopic (exact) mass is 296 g/mol. The van der Waals surface area contributed by atoms with E-state index in [0.717, 1.165) is 0 Å². The Morgan fingerprint density at radius 1 is 1.32 bits per heavy atom. The van der Waals surface area contributed by atoms with Crippen molar-refractivity contribution in [2.24, 2.45) is 5.92 Å². The fourth-order valence-electron chi connectivity index (χ4n) is 2.58. The van der Waals surface area contributed by atoms with E-state index >= 15 is 0 Å². The molecule has 1 fully saturated rings. The molecule has 1 aliphatic rings. The fraction of sp³-hybridized carbons (Fsp3) is 0.533. The molecule has 19 heavy (non-hydrogen) atoms. The number of hydrogen-bond donors (Lipinski definition) is 1. The SMILES string of the molecule is CSc1cc(C(CC(=O)O)C2CC2)c(SC)cc1C. The van der Waals surface area contributed by atoms with E-state index in [2.05, 4.69) is 31.6 Å². The molecule has 1 unspecified atom stereocenters. The first-order valence-electron chi connectivity index (χ1n) is 6.51. The van der Waals surface area contributed by atoms with Crippen LogP contribution in [0.25, 0.3) is 0 Å². The number of carboxylic acids is 1. The lowest BCUT2D eigenvalue weighted by Gasteiger charge is -2.20. The van der Waals surface area contributed by atoms with Gasteiger partial charge in [0.15, 0.2) is 0 Å². The van der Waals surface area contributed by atoms with Gasteiger partial charge in [-0.25, -0.2) is 0 Å². The van der Waals surface area contributed by atoms with E-state index in [1.54, 1.807) is 23.5 Å². The summed E-state index contributed by atoms with van der Waals surface area (Å²) in [5, 5.41) is 9.15. The third-order valence-corrected chi connectivity index (χ3v) is 5.41. The summed E-state index contributed by atoms with van der Waals surface area (Å²) in [6.07, 6.45) is 6.76. The minimum atomic E-state index is -0.685. The summed E-state index contributed by atoms with van der Waals surface area (Å²) in [5.74, 6) is 0.0705. The van der Waals surface area contributed by atoms with Gasteiger partial charge in [-0.2, -0.15) is 0 Å². The lowest BCUT2D eigenvalue weighted by atomic mass is 9.90. The maximum absolute atomic E-state index is 11.1. The number of rotatable bonds is 6. The molecule has 1 N–H and O–H groups in total. The molecule has 1 aromatic rings. The smallest absolute Gasteiger partial charge is 0.303 e.